The molecule has 3 unspecified atom stereocenters. The van der Waals surface area contributed by atoms with Crippen LogP contribution in [-0.2, 0) is 4.74 Å². The quantitative estimate of drug-likeness (QED) is 0.683. The molecule has 14 heavy (non-hydrogen) atoms. The molecule has 82 valence electrons. The summed E-state index contributed by atoms with van der Waals surface area (Å²) in [5.74, 6) is 0.825. The van der Waals surface area contributed by atoms with E-state index in [4.69, 9.17) is 4.74 Å². The molecule has 0 aliphatic heterocycles. The topological polar surface area (TPSA) is 21.3 Å². The first-order valence-corrected chi connectivity index (χ1v) is 5.65. The smallest absolute Gasteiger partial charge is 0.0693 e. The van der Waals surface area contributed by atoms with Gasteiger partial charge in [-0.2, -0.15) is 0 Å². The first-order chi connectivity index (χ1) is 6.74. The van der Waals surface area contributed by atoms with Crippen LogP contribution in [0.25, 0.3) is 0 Å². The fraction of sp³-hybridized carbons (Fsp3) is 0.833. The van der Waals surface area contributed by atoms with E-state index in [0.29, 0.717) is 12.1 Å². The maximum atomic E-state index is 5.28. The van der Waals surface area contributed by atoms with Crippen molar-refractivity contribution in [1.82, 2.24) is 5.32 Å². The predicted molar refractivity (Wildman–Crippen MR) is 60.4 cm³/mol. The maximum absolute atomic E-state index is 5.28. The highest BCUT2D eigenvalue weighted by Gasteiger charge is 2.14. The van der Waals surface area contributed by atoms with E-state index in [-0.39, 0.29) is 0 Å². The molecule has 0 aromatic heterocycles. The molecule has 0 heterocycles. The zero-order valence-corrected chi connectivity index (χ0v) is 9.62. The van der Waals surface area contributed by atoms with Crippen LogP contribution in [-0.4, -0.2) is 25.8 Å². The van der Waals surface area contributed by atoms with Crippen LogP contribution in [0.4, 0.5) is 0 Å². The maximum Gasteiger partial charge on any atom is 0.0693 e. The van der Waals surface area contributed by atoms with Gasteiger partial charge < -0.3 is 10.1 Å². The Morgan fingerprint density at radius 3 is 2.79 bits per heavy atom. The molecule has 3 atom stereocenters. The number of hydrogen-bond donors (Lipinski definition) is 1. The molecule has 0 fully saturated rings. The van der Waals surface area contributed by atoms with E-state index in [1.807, 2.05) is 0 Å². The lowest BCUT2D eigenvalue weighted by molar-refractivity contribution is 0.0870. The van der Waals surface area contributed by atoms with Gasteiger partial charge in [-0.25, -0.2) is 0 Å². The first kappa shape index (κ1) is 11.7. The molecule has 0 bridgehead atoms. The van der Waals surface area contributed by atoms with Gasteiger partial charge >= 0.3 is 0 Å². The van der Waals surface area contributed by atoms with Gasteiger partial charge in [0.15, 0.2) is 0 Å². The Morgan fingerprint density at radius 2 is 2.21 bits per heavy atom. The van der Waals surface area contributed by atoms with Gasteiger partial charge in [-0.15, -0.1) is 0 Å². The van der Waals surface area contributed by atoms with Crippen LogP contribution in [0.1, 0.15) is 33.1 Å². The lowest BCUT2D eigenvalue weighted by Gasteiger charge is -2.24. The second-order valence-electron chi connectivity index (χ2n) is 4.29. The SMILES string of the molecule is COC(C)C(C)NCC1CC=CCC1. The van der Waals surface area contributed by atoms with Gasteiger partial charge in [0, 0.05) is 13.2 Å². The summed E-state index contributed by atoms with van der Waals surface area (Å²) in [6.45, 7) is 5.42. The van der Waals surface area contributed by atoms with Crippen molar-refractivity contribution in [2.75, 3.05) is 13.7 Å². The molecule has 0 saturated heterocycles. The zero-order valence-electron chi connectivity index (χ0n) is 9.62. The lowest BCUT2D eigenvalue weighted by Crippen LogP contribution is -2.39. The van der Waals surface area contributed by atoms with E-state index in [0.717, 1.165) is 12.5 Å². The highest BCUT2D eigenvalue weighted by Crippen LogP contribution is 2.17. The summed E-state index contributed by atoms with van der Waals surface area (Å²) in [5.41, 5.74) is 0. The van der Waals surface area contributed by atoms with Gasteiger partial charge in [-0.1, -0.05) is 12.2 Å². The summed E-state index contributed by atoms with van der Waals surface area (Å²) < 4.78 is 5.28. The summed E-state index contributed by atoms with van der Waals surface area (Å²) in [6.07, 6.45) is 8.71. The van der Waals surface area contributed by atoms with Crippen LogP contribution in [0.5, 0.6) is 0 Å². The summed E-state index contributed by atoms with van der Waals surface area (Å²) in [7, 11) is 1.77. The Bertz CT molecular complexity index is 179. The molecule has 0 spiro atoms. The minimum Gasteiger partial charge on any atom is -0.380 e. The molecule has 1 aliphatic carbocycles. The number of allylic oxidation sites excluding steroid dienone is 2. The summed E-state index contributed by atoms with van der Waals surface area (Å²) in [5, 5.41) is 3.54. The third kappa shape index (κ3) is 3.81. The predicted octanol–water partition coefficient (Wildman–Crippen LogP) is 2.36. The minimum atomic E-state index is 0.300. The number of methoxy groups -OCH3 is 1. The third-order valence-electron chi connectivity index (χ3n) is 3.18. The van der Waals surface area contributed by atoms with Gasteiger partial charge in [0.25, 0.3) is 0 Å². The van der Waals surface area contributed by atoms with E-state index in [1.54, 1.807) is 7.11 Å². The van der Waals surface area contributed by atoms with Crippen LogP contribution in [0.3, 0.4) is 0 Å². The standard InChI is InChI=1S/C12H23NO/c1-10(11(2)14-3)13-9-12-7-5-4-6-8-12/h4-5,10-13H,6-9H2,1-3H3. The Hall–Kier alpha value is -0.340. The van der Waals surface area contributed by atoms with Crippen LogP contribution >= 0.6 is 0 Å². The molecule has 0 radical (unpaired) electrons. The van der Waals surface area contributed by atoms with Gasteiger partial charge in [-0.05, 0) is 45.6 Å². The number of ether oxygens (including phenoxy) is 1. The molecule has 2 heteroatoms. The van der Waals surface area contributed by atoms with Crippen molar-refractivity contribution in [1.29, 1.82) is 0 Å². The number of hydrogen-bond acceptors (Lipinski definition) is 2. The van der Waals surface area contributed by atoms with Crippen LogP contribution in [0.2, 0.25) is 0 Å². The lowest BCUT2D eigenvalue weighted by atomic mass is 9.94. The minimum absolute atomic E-state index is 0.300. The summed E-state index contributed by atoms with van der Waals surface area (Å²) in [4.78, 5) is 0. The Morgan fingerprint density at radius 1 is 1.43 bits per heavy atom. The normalized spacial score (nSPS) is 26.1. The van der Waals surface area contributed by atoms with Crippen molar-refractivity contribution >= 4 is 0 Å². The van der Waals surface area contributed by atoms with Crippen LogP contribution in [0.15, 0.2) is 12.2 Å². The Kier molecular flexibility index (Phi) is 5.20. The van der Waals surface area contributed by atoms with Crippen molar-refractivity contribution in [3.63, 3.8) is 0 Å². The van der Waals surface area contributed by atoms with Gasteiger partial charge in [0.2, 0.25) is 0 Å². The zero-order chi connectivity index (χ0) is 10.4. The third-order valence-corrected chi connectivity index (χ3v) is 3.18. The highest BCUT2D eigenvalue weighted by atomic mass is 16.5. The highest BCUT2D eigenvalue weighted by molar-refractivity contribution is 4.90. The van der Waals surface area contributed by atoms with E-state index in [2.05, 4.69) is 31.3 Å². The van der Waals surface area contributed by atoms with Gasteiger partial charge in [-0.3, -0.25) is 0 Å². The van der Waals surface area contributed by atoms with Crippen molar-refractivity contribution < 1.29 is 4.74 Å². The van der Waals surface area contributed by atoms with E-state index >= 15 is 0 Å². The van der Waals surface area contributed by atoms with Crippen LogP contribution < -0.4 is 5.32 Å². The second-order valence-corrected chi connectivity index (χ2v) is 4.29. The monoisotopic (exact) mass is 197 g/mol. The van der Waals surface area contributed by atoms with E-state index in [9.17, 15) is 0 Å². The number of rotatable bonds is 5. The van der Waals surface area contributed by atoms with Crippen LogP contribution in [0, 0.1) is 5.92 Å². The molecule has 0 amide bonds. The molecule has 1 aliphatic rings. The fourth-order valence-corrected chi connectivity index (χ4v) is 1.76. The number of nitrogens with one attached hydrogen (secondary N) is 1. The van der Waals surface area contributed by atoms with Crippen molar-refractivity contribution in [3.8, 4) is 0 Å². The molecule has 2 nitrogen and oxygen atoms in total. The van der Waals surface area contributed by atoms with E-state index in [1.165, 1.54) is 19.3 Å². The Labute approximate surface area is 87.7 Å². The Balaban J connectivity index is 2.16. The largest absolute Gasteiger partial charge is 0.380 e. The van der Waals surface area contributed by atoms with E-state index < -0.39 is 0 Å². The molecular weight excluding hydrogens is 174 g/mol. The molecule has 0 aromatic rings. The average molecular weight is 197 g/mol. The summed E-state index contributed by atoms with van der Waals surface area (Å²) in [6, 6.07) is 0.450. The molecule has 0 saturated carbocycles. The van der Waals surface area contributed by atoms with Gasteiger partial charge in [0.05, 0.1) is 6.10 Å². The molecule has 0 aromatic carbocycles. The second kappa shape index (κ2) is 6.20. The fourth-order valence-electron chi connectivity index (χ4n) is 1.76. The van der Waals surface area contributed by atoms with Crippen molar-refractivity contribution in [3.05, 3.63) is 12.2 Å². The summed E-state index contributed by atoms with van der Waals surface area (Å²) >= 11 is 0. The first-order valence-electron chi connectivity index (χ1n) is 5.65. The molecular formula is C12H23NO. The molecule has 1 rings (SSSR count). The average Bonchev–Trinajstić information content (AvgIpc) is 2.26. The van der Waals surface area contributed by atoms with Gasteiger partial charge in [0.1, 0.15) is 0 Å². The molecule has 1 N–H and O–H groups in total. The van der Waals surface area contributed by atoms with Crippen molar-refractivity contribution in [2.45, 2.75) is 45.3 Å². The van der Waals surface area contributed by atoms with Crippen molar-refractivity contribution in [2.24, 2.45) is 5.92 Å².